The molecular formula is C32H35NO6S. The van der Waals surface area contributed by atoms with Gasteiger partial charge in [0.2, 0.25) is 0 Å². The van der Waals surface area contributed by atoms with Crippen molar-refractivity contribution in [1.29, 1.82) is 0 Å². The second kappa shape index (κ2) is 10.0. The molecule has 2 saturated carbocycles. The number of carbonyl (C=O) groups is 2. The summed E-state index contributed by atoms with van der Waals surface area (Å²) in [6.45, 7) is 4.64. The van der Waals surface area contributed by atoms with E-state index < -0.39 is 11.6 Å². The molecule has 210 valence electrons. The minimum absolute atomic E-state index is 0.0238. The van der Waals surface area contributed by atoms with E-state index in [2.05, 4.69) is 36.5 Å². The van der Waals surface area contributed by atoms with E-state index in [4.69, 9.17) is 9.47 Å². The predicted octanol–water partition coefficient (Wildman–Crippen LogP) is 5.22. The Kier molecular flexibility index (Phi) is 6.76. The quantitative estimate of drug-likeness (QED) is 0.348. The van der Waals surface area contributed by atoms with Crippen LogP contribution in [0.3, 0.4) is 0 Å². The molecule has 6 rings (SSSR count). The Balaban J connectivity index is 1.15. The van der Waals surface area contributed by atoms with Gasteiger partial charge in [-0.3, -0.25) is 9.59 Å². The van der Waals surface area contributed by atoms with Gasteiger partial charge in [0.15, 0.2) is 0 Å². The standard InChI is InChI=1S/C32H35NO6S/c1-18-27(28(19(2)40-18)29(34)33-25-14-31(15-25)12-23(13-31)30(35)36)8-20-4-6-21(7-5-20)22-9-24(11-26(10-22)38-3)32(37)16-39-17-32/h4-7,9-11,23,25,37H,8,12-17H2,1-3H3,(H,33,34)(H,35,36). The van der Waals surface area contributed by atoms with Gasteiger partial charge in [-0.2, -0.15) is 0 Å². The number of methoxy groups -OCH3 is 1. The number of carboxylic acid groups (broad SMARTS) is 1. The van der Waals surface area contributed by atoms with Gasteiger partial charge in [-0.25, -0.2) is 0 Å². The first kappa shape index (κ1) is 27.0. The Morgan fingerprint density at radius 1 is 1.02 bits per heavy atom. The number of rotatable bonds is 8. The number of carbonyl (C=O) groups excluding carboxylic acids is 1. The molecule has 1 amide bonds. The summed E-state index contributed by atoms with van der Waals surface area (Å²) in [5.41, 5.74) is 4.86. The summed E-state index contributed by atoms with van der Waals surface area (Å²) >= 11 is 1.66. The van der Waals surface area contributed by atoms with E-state index in [1.165, 1.54) is 0 Å². The number of aryl methyl sites for hydroxylation is 2. The van der Waals surface area contributed by atoms with Crippen molar-refractivity contribution in [2.24, 2.45) is 11.3 Å². The van der Waals surface area contributed by atoms with Crippen molar-refractivity contribution in [1.82, 2.24) is 5.32 Å². The molecule has 0 unspecified atom stereocenters. The first-order valence-corrected chi connectivity index (χ1v) is 14.6. The number of benzene rings is 2. The van der Waals surface area contributed by atoms with Gasteiger partial charge in [0.25, 0.3) is 5.91 Å². The number of carboxylic acids is 1. The number of nitrogens with one attached hydrogen (secondary N) is 1. The largest absolute Gasteiger partial charge is 0.497 e. The third kappa shape index (κ3) is 4.82. The highest BCUT2D eigenvalue weighted by atomic mass is 32.1. The van der Waals surface area contributed by atoms with Crippen LogP contribution < -0.4 is 10.1 Å². The molecule has 2 aliphatic carbocycles. The average molecular weight is 562 g/mol. The molecule has 1 aliphatic heterocycles. The van der Waals surface area contributed by atoms with Crippen LogP contribution in [0.1, 0.15) is 62.5 Å². The molecule has 1 saturated heterocycles. The molecule has 1 aromatic heterocycles. The molecular weight excluding hydrogens is 526 g/mol. The number of aliphatic hydroxyl groups is 1. The summed E-state index contributed by atoms with van der Waals surface area (Å²) < 4.78 is 10.7. The molecule has 0 bridgehead atoms. The summed E-state index contributed by atoms with van der Waals surface area (Å²) in [5.74, 6) is -0.251. The molecule has 8 heteroatoms. The fraction of sp³-hybridized carbons (Fsp3) is 0.438. The van der Waals surface area contributed by atoms with Crippen molar-refractivity contribution in [3.63, 3.8) is 0 Å². The van der Waals surface area contributed by atoms with E-state index in [-0.39, 0.29) is 36.5 Å². The molecule has 2 heterocycles. The lowest BCUT2D eigenvalue weighted by Crippen LogP contribution is -2.57. The molecule has 3 aliphatic rings. The van der Waals surface area contributed by atoms with E-state index in [0.29, 0.717) is 12.2 Å². The van der Waals surface area contributed by atoms with Crippen molar-refractivity contribution in [3.8, 4) is 16.9 Å². The van der Waals surface area contributed by atoms with Gasteiger partial charge in [0, 0.05) is 15.8 Å². The van der Waals surface area contributed by atoms with Crippen molar-refractivity contribution < 1.29 is 29.3 Å². The second-order valence-electron chi connectivity index (χ2n) is 11.9. The first-order chi connectivity index (χ1) is 19.1. The van der Waals surface area contributed by atoms with Crippen LogP contribution >= 0.6 is 11.3 Å². The molecule has 2 aromatic carbocycles. The summed E-state index contributed by atoms with van der Waals surface area (Å²) in [7, 11) is 1.62. The zero-order valence-corrected chi connectivity index (χ0v) is 23.9. The lowest BCUT2D eigenvalue weighted by molar-refractivity contribution is -0.184. The Labute approximate surface area is 238 Å². The van der Waals surface area contributed by atoms with Gasteiger partial charge < -0.3 is 25.0 Å². The fourth-order valence-electron chi connectivity index (χ4n) is 6.71. The van der Waals surface area contributed by atoms with Crippen LogP contribution in [-0.2, 0) is 21.6 Å². The summed E-state index contributed by atoms with van der Waals surface area (Å²) in [5, 5.41) is 23.2. The monoisotopic (exact) mass is 561 g/mol. The second-order valence-corrected chi connectivity index (χ2v) is 13.4. The third-order valence-corrected chi connectivity index (χ3v) is 10.1. The molecule has 3 N–H and O–H groups in total. The number of thiophene rings is 1. The molecule has 1 spiro atoms. The zero-order chi connectivity index (χ0) is 28.2. The summed E-state index contributed by atoms with van der Waals surface area (Å²) in [4.78, 5) is 26.7. The number of ether oxygens (including phenoxy) is 2. The zero-order valence-electron chi connectivity index (χ0n) is 23.1. The van der Waals surface area contributed by atoms with Crippen molar-refractivity contribution in [2.75, 3.05) is 20.3 Å². The highest BCUT2D eigenvalue weighted by Gasteiger charge is 2.55. The van der Waals surface area contributed by atoms with Crippen LogP contribution in [0, 0.1) is 25.2 Å². The third-order valence-electron chi connectivity index (χ3n) is 9.04. The molecule has 3 fully saturated rings. The SMILES string of the molecule is COc1cc(-c2ccc(Cc3c(C)sc(C)c3C(=O)NC3CC4(C3)CC(C(=O)O)C4)cc2)cc(C2(O)COC2)c1. The van der Waals surface area contributed by atoms with Crippen LogP contribution in [0.2, 0.25) is 0 Å². The van der Waals surface area contributed by atoms with Crippen LogP contribution in [0.4, 0.5) is 0 Å². The van der Waals surface area contributed by atoms with Gasteiger partial charge in [0.05, 0.1) is 31.8 Å². The Bertz CT molecular complexity index is 1460. The minimum Gasteiger partial charge on any atom is -0.497 e. The molecule has 40 heavy (non-hydrogen) atoms. The smallest absolute Gasteiger partial charge is 0.306 e. The Morgan fingerprint density at radius 2 is 1.73 bits per heavy atom. The first-order valence-electron chi connectivity index (χ1n) is 13.8. The number of aliphatic carboxylic acids is 1. The maximum absolute atomic E-state index is 13.4. The van der Waals surface area contributed by atoms with Gasteiger partial charge in [0.1, 0.15) is 11.4 Å². The van der Waals surface area contributed by atoms with Gasteiger partial charge in [-0.1, -0.05) is 24.3 Å². The average Bonchev–Trinajstić information content (AvgIpc) is 3.15. The number of hydrogen-bond acceptors (Lipinski definition) is 6. The maximum Gasteiger partial charge on any atom is 0.306 e. The van der Waals surface area contributed by atoms with E-state index in [9.17, 15) is 19.8 Å². The Morgan fingerprint density at radius 3 is 2.33 bits per heavy atom. The van der Waals surface area contributed by atoms with Crippen molar-refractivity contribution >= 4 is 23.2 Å². The molecule has 0 atom stereocenters. The summed E-state index contributed by atoms with van der Waals surface area (Å²) in [6, 6.07) is 14.3. The topological polar surface area (TPSA) is 105 Å². The van der Waals surface area contributed by atoms with E-state index >= 15 is 0 Å². The lowest BCUT2D eigenvalue weighted by Gasteiger charge is -2.56. The Hall–Kier alpha value is -3.20. The maximum atomic E-state index is 13.4. The highest BCUT2D eigenvalue weighted by Crippen LogP contribution is 2.58. The fourth-order valence-corrected chi connectivity index (χ4v) is 7.79. The normalized spacial score (nSPS) is 24.5. The molecule has 3 aromatic rings. The predicted molar refractivity (Wildman–Crippen MR) is 153 cm³/mol. The minimum atomic E-state index is -0.979. The number of amides is 1. The van der Waals surface area contributed by atoms with Gasteiger partial charge >= 0.3 is 5.97 Å². The van der Waals surface area contributed by atoms with Gasteiger partial charge in [-0.05, 0) is 97.4 Å². The van der Waals surface area contributed by atoms with E-state index in [0.717, 1.165) is 68.8 Å². The van der Waals surface area contributed by atoms with Crippen LogP contribution in [0.5, 0.6) is 5.75 Å². The van der Waals surface area contributed by atoms with Crippen molar-refractivity contribution in [2.45, 2.75) is 57.6 Å². The lowest BCUT2D eigenvalue weighted by atomic mass is 9.50. The molecule has 7 nitrogen and oxygen atoms in total. The molecule has 0 radical (unpaired) electrons. The van der Waals surface area contributed by atoms with Crippen LogP contribution in [-0.4, -0.2) is 48.5 Å². The van der Waals surface area contributed by atoms with Crippen molar-refractivity contribution in [3.05, 3.63) is 74.5 Å². The van der Waals surface area contributed by atoms with E-state index in [1.807, 2.05) is 25.1 Å². The highest BCUT2D eigenvalue weighted by molar-refractivity contribution is 7.12. The van der Waals surface area contributed by atoms with Crippen LogP contribution in [0.25, 0.3) is 11.1 Å². The summed E-state index contributed by atoms with van der Waals surface area (Å²) in [6.07, 6.45) is 3.88. The number of hydrogen-bond donors (Lipinski definition) is 3. The van der Waals surface area contributed by atoms with Crippen LogP contribution in [0.15, 0.2) is 42.5 Å². The van der Waals surface area contributed by atoms with Gasteiger partial charge in [-0.15, -0.1) is 11.3 Å². The van der Waals surface area contributed by atoms with E-state index in [1.54, 1.807) is 18.4 Å².